The molecule has 0 N–H and O–H groups in total. The van der Waals surface area contributed by atoms with Gasteiger partial charge >= 0.3 is 12.1 Å². The molecule has 0 atom stereocenters. The van der Waals surface area contributed by atoms with E-state index in [1.165, 1.54) is 0 Å². The molecule has 0 aliphatic rings. The van der Waals surface area contributed by atoms with Gasteiger partial charge in [-0.1, -0.05) is 0 Å². The van der Waals surface area contributed by atoms with E-state index < -0.39 is 12.1 Å². The van der Waals surface area contributed by atoms with Gasteiger partial charge in [0.05, 0.1) is 0 Å². The van der Waals surface area contributed by atoms with Crippen molar-refractivity contribution in [3.63, 3.8) is 0 Å². The van der Waals surface area contributed by atoms with E-state index in [0.717, 1.165) is 0 Å². The Hall–Kier alpha value is -1.43. The van der Waals surface area contributed by atoms with Gasteiger partial charge in [0, 0.05) is 4.91 Å². The summed E-state index contributed by atoms with van der Waals surface area (Å²) in [7, 11) is 0. The third kappa shape index (κ3) is 2.78. The largest absolute Gasteiger partial charge is 0.491 e. The first-order chi connectivity index (χ1) is 4.48. The van der Waals surface area contributed by atoms with Crippen molar-refractivity contribution in [2.45, 2.75) is 6.18 Å². The number of hydrogen-bond donors (Lipinski definition) is 0. The third-order valence-corrected chi connectivity index (χ3v) is 0.392. The van der Waals surface area contributed by atoms with Crippen LogP contribution in [-0.2, 0) is 9.63 Å². The molecule has 0 amide bonds. The molecule has 0 fully saturated rings. The van der Waals surface area contributed by atoms with Gasteiger partial charge in [0.1, 0.15) is 5.28 Å². The van der Waals surface area contributed by atoms with Crippen LogP contribution in [0.4, 0.5) is 13.2 Å². The second-order valence-electron chi connectivity index (χ2n) is 1.05. The summed E-state index contributed by atoms with van der Waals surface area (Å²) in [4.78, 5) is 14.4. The minimum Gasteiger partial charge on any atom is -0.352 e. The zero-order valence-electron chi connectivity index (χ0n) is 4.29. The lowest BCUT2D eigenvalue weighted by atomic mass is 10.7. The van der Waals surface area contributed by atoms with E-state index in [9.17, 15) is 18.0 Å². The molecule has 0 unspecified atom stereocenters. The first kappa shape index (κ1) is 8.57. The summed E-state index contributed by atoms with van der Waals surface area (Å²) in [6.07, 6.45) is -5.12. The van der Waals surface area contributed by atoms with Crippen LogP contribution in [0.3, 0.4) is 0 Å². The van der Waals surface area contributed by atoms with E-state index in [1.54, 1.807) is 4.91 Å². The maximum Gasteiger partial charge on any atom is 0.491 e. The van der Waals surface area contributed by atoms with Gasteiger partial charge < -0.3 is 4.84 Å². The number of carbonyl (C=O) groups is 1. The van der Waals surface area contributed by atoms with Crippen molar-refractivity contribution in [3.05, 3.63) is 10.4 Å². The van der Waals surface area contributed by atoms with Crippen LogP contribution < -0.4 is 0 Å². The summed E-state index contributed by atoms with van der Waals surface area (Å²) >= 11 is 0. The molecular weight excluding hydrogens is 155 g/mol. The Morgan fingerprint density at radius 1 is 1.60 bits per heavy atom. The van der Waals surface area contributed by atoms with Gasteiger partial charge in [0.2, 0.25) is 0 Å². The molecule has 0 bridgehead atoms. The number of alkyl halides is 3. The van der Waals surface area contributed by atoms with E-state index in [0.29, 0.717) is 0 Å². The molecule has 0 saturated heterocycles. The highest BCUT2D eigenvalue weighted by Gasteiger charge is 2.41. The molecule has 0 radical (unpaired) electrons. The highest BCUT2D eigenvalue weighted by Crippen LogP contribution is 2.16. The molecule has 0 rings (SSSR count). The van der Waals surface area contributed by atoms with Crippen molar-refractivity contribution in [1.29, 1.82) is 0 Å². The van der Waals surface area contributed by atoms with Crippen molar-refractivity contribution < 1.29 is 22.8 Å². The predicted molar refractivity (Wildman–Crippen MR) is 21.3 cm³/mol. The van der Waals surface area contributed by atoms with E-state index in [-0.39, 0.29) is 0 Å². The van der Waals surface area contributed by atoms with E-state index in [4.69, 9.17) is 5.53 Å². The third-order valence-electron chi connectivity index (χ3n) is 0.392. The van der Waals surface area contributed by atoms with E-state index >= 15 is 0 Å². The monoisotopic (exact) mass is 155 g/mol. The van der Waals surface area contributed by atoms with Crippen LogP contribution in [0.2, 0.25) is 0 Å². The first-order valence-corrected chi connectivity index (χ1v) is 1.81. The second-order valence-corrected chi connectivity index (χ2v) is 1.05. The summed E-state index contributed by atoms with van der Waals surface area (Å²) in [5.41, 5.74) is 7.39. The summed E-state index contributed by atoms with van der Waals surface area (Å²) < 4.78 is 33.3. The Kier molecular flexibility index (Phi) is 2.51. The van der Waals surface area contributed by atoms with Crippen molar-refractivity contribution >= 4 is 5.97 Å². The maximum atomic E-state index is 11.1. The van der Waals surface area contributed by atoms with E-state index in [2.05, 4.69) is 4.84 Å². The van der Waals surface area contributed by atoms with Gasteiger partial charge in [-0.15, -0.1) is 0 Å². The van der Waals surface area contributed by atoms with Crippen LogP contribution in [0, 0.1) is 0 Å². The molecular formula is C2F3N3O2. The second kappa shape index (κ2) is 2.92. The van der Waals surface area contributed by atoms with Crippen LogP contribution in [0.25, 0.3) is 10.4 Å². The zero-order chi connectivity index (χ0) is 8.20. The summed E-state index contributed by atoms with van der Waals surface area (Å²) in [5, 5.41) is 1.95. The fraction of sp³-hybridized carbons (Fsp3) is 0.500. The highest BCUT2D eigenvalue weighted by atomic mass is 19.4. The Bertz CT molecular complexity index is 181. The Balaban J connectivity index is 3.98. The van der Waals surface area contributed by atoms with E-state index in [1.807, 2.05) is 5.28 Å². The molecule has 8 heteroatoms. The molecule has 0 aliphatic heterocycles. The lowest BCUT2D eigenvalue weighted by Gasteiger charge is -1.98. The molecule has 10 heavy (non-hydrogen) atoms. The lowest BCUT2D eigenvalue weighted by Crippen LogP contribution is -2.23. The highest BCUT2D eigenvalue weighted by molar-refractivity contribution is 5.75. The number of azide groups is 1. The number of hydrogen-bond acceptors (Lipinski definition) is 3. The summed E-state index contributed by atoms with van der Waals surface area (Å²) in [6, 6.07) is 0. The minimum absolute atomic E-state index is 1.77. The molecule has 0 aromatic rings. The van der Waals surface area contributed by atoms with Crippen LogP contribution in [0.15, 0.2) is 5.28 Å². The average Bonchev–Trinajstić information content (AvgIpc) is 1.80. The Morgan fingerprint density at radius 2 is 2.10 bits per heavy atom. The lowest BCUT2D eigenvalue weighted by molar-refractivity contribution is -0.200. The number of nitrogens with zero attached hydrogens (tertiary/aromatic N) is 3. The predicted octanol–water partition coefficient (Wildman–Crippen LogP) is 1.32. The standard InChI is InChI=1S/C2F3N3O2/c3-2(4,5)1(9)10-8-7-6. The topological polar surface area (TPSA) is 75.1 Å². The Labute approximate surface area is 52.0 Å². The van der Waals surface area contributed by atoms with Crippen LogP contribution >= 0.6 is 0 Å². The van der Waals surface area contributed by atoms with Crippen molar-refractivity contribution in [3.8, 4) is 0 Å². The van der Waals surface area contributed by atoms with Crippen molar-refractivity contribution in [2.75, 3.05) is 0 Å². The number of halogens is 3. The molecule has 0 heterocycles. The van der Waals surface area contributed by atoms with Gasteiger partial charge in [-0.25, -0.2) is 4.79 Å². The quantitative estimate of drug-likeness (QED) is 0.248. The smallest absolute Gasteiger partial charge is 0.352 e. The molecule has 0 saturated carbocycles. The minimum atomic E-state index is -5.12. The fourth-order valence-corrected chi connectivity index (χ4v) is 0.107. The van der Waals surface area contributed by atoms with Crippen molar-refractivity contribution in [1.82, 2.24) is 0 Å². The number of carbonyl (C=O) groups excluding carboxylic acids is 1. The fourth-order valence-electron chi connectivity index (χ4n) is 0.107. The molecule has 56 valence electrons. The number of rotatable bonds is 1. The summed E-state index contributed by atoms with van der Waals surface area (Å²) in [5.74, 6) is -2.54. The molecule has 0 aromatic heterocycles. The van der Waals surface area contributed by atoms with Crippen LogP contribution in [-0.4, -0.2) is 12.1 Å². The Morgan fingerprint density at radius 3 is 2.40 bits per heavy atom. The van der Waals surface area contributed by atoms with Gasteiger partial charge in [-0.3, -0.25) is 0 Å². The first-order valence-electron chi connectivity index (χ1n) is 1.81. The molecule has 5 nitrogen and oxygen atoms in total. The maximum absolute atomic E-state index is 11.1. The van der Waals surface area contributed by atoms with Crippen LogP contribution in [0.5, 0.6) is 0 Å². The van der Waals surface area contributed by atoms with Gasteiger partial charge in [-0.2, -0.15) is 13.2 Å². The normalized spacial score (nSPS) is 9.90. The molecule has 0 aliphatic carbocycles. The average molecular weight is 155 g/mol. The van der Waals surface area contributed by atoms with Gasteiger partial charge in [0.15, 0.2) is 0 Å². The zero-order valence-corrected chi connectivity index (χ0v) is 4.29. The van der Waals surface area contributed by atoms with Gasteiger partial charge in [0.25, 0.3) is 0 Å². The van der Waals surface area contributed by atoms with Crippen LogP contribution in [0.1, 0.15) is 0 Å². The molecule has 0 aromatic carbocycles. The van der Waals surface area contributed by atoms with Gasteiger partial charge in [-0.05, 0) is 5.53 Å². The summed E-state index contributed by atoms with van der Waals surface area (Å²) in [6.45, 7) is 0. The SMILES string of the molecule is [N-]=[N+]=NOC(=O)C(F)(F)F. The van der Waals surface area contributed by atoms with Crippen molar-refractivity contribution in [2.24, 2.45) is 5.28 Å². The molecule has 0 spiro atoms.